The topological polar surface area (TPSA) is 93.4 Å². The van der Waals surface area contributed by atoms with Crippen molar-refractivity contribution in [3.8, 4) is 17.2 Å². The molecule has 30 heavy (non-hydrogen) atoms. The molecule has 0 saturated carbocycles. The lowest BCUT2D eigenvalue weighted by Gasteiger charge is -2.22. The van der Waals surface area contributed by atoms with E-state index in [1.807, 2.05) is 42.5 Å². The van der Waals surface area contributed by atoms with Gasteiger partial charge in [-0.05, 0) is 48.4 Å². The number of amidine groups is 2. The summed E-state index contributed by atoms with van der Waals surface area (Å²) in [6, 6.07) is 12.9. The second-order valence-corrected chi connectivity index (χ2v) is 6.87. The average Bonchev–Trinajstić information content (AvgIpc) is 3.36. The van der Waals surface area contributed by atoms with E-state index in [0.717, 1.165) is 22.6 Å². The van der Waals surface area contributed by atoms with Crippen LogP contribution in [0.25, 0.3) is 6.08 Å². The van der Waals surface area contributed by atoms with Gasteiger partial charge in [-0.1, -0.05) is 18.2 Å². The van der Waals surface area contributed by atoms with Crippen LogP contribution in [0.4, 0.5) is 0 Å². The minimum absolute atomic E-state index is 0.0405. The summed E-state index contributed by atoms with van der Waals surface area (Å²) in [5.41, 5.74) is 1.88. The molecule has 3 aliphatic heterocycles. The van der Waals surface area contributed by atoms with Crippen LogP contribution in [0, 0.1) is 5.41 Å². The van der Waals surface area contributed by atoms with Gasteiger partial charge in [-0.15, -0.1) is 5.06 Å². The number of benzene rings is 2. The first-order chi connectivity index (χ1) is 14.6. The molecule has 2 aromatic carbocycles. The van der Waals surface area contributed by atoms with Gasteiger partial charge < -0.3 is 19.0 Å². The zero-order chi connectivity index (χ0) is 20.7. The SMILES string of the molecule is CC1=CC2=NC(=O)/C(=C\c3ccc(OCc4ccc5c(c4)OCO5)cc3)C(=N)N2O1. The fraction of sp³-hybridized carbons (Fsp3) is 0.136. The van der Waals surface area contributed by atoms with Gasteiger partial charge in [-0.3, -0.25) is 10.2 Å². The van der Waals surface area contributed by atoms with Gasteiger partial charge in [-0.25, -0.2) is 0 Å². The van der Waals surface area contributed by atoms with E-state index in [2.05, 4.69) is 4.99 Å². The van der Waals surface area contributed by atoms with Crippen molar-refractivity contribution in [3.63, 3.8) is 0 Å². The van der Waals surface area contributed by atoms with Gasteiger partial charge >= 0.3 is 0 Å². The summed E-state index contributed by atoms with van der Waals surface area (Å²) in [6.45, 7) is 2.36. The van der Waals surface area contributed by atoms with Gasteiger partial charge in [0.2, 0.25) is 6.79 Å². The molecule has 1 amide bonds. The Morgan fingerprint density at radius 1 is 1.17 bits per heavy atom. The lowest BCUT2D eigenvalue weighted by Crippen LogP contribution is -2.38. The van der Waals surface area contributed by atoms with E-state index in [4.69, 9.17) is 24.5 Å². The van der Waals surface area contributed by atoms with Gasteiger partial charge in [0.1, 0.15) is 18.1 Å². The van der Waals surface area contributed by atoms with Crippen LogP contribution >= 0.6 is 0 Å². The number of carbonyl (C=O) groups is 1. The number of carbonyl (C=O) groups excluding carboxylic acids is 1. The summed E-state index contributed by atoms with van der Waals surface area (Å²) in [4.78, 5) is 21.7. The molecule has 0 fully saturated rings. The van der Waals surface area contributed by atoms with Crippen molar-refractivity contribution in [1.82, 2.24) is 5.06 Å². The van der Waals surface area contributed by atoms with E-state index in [-0.39, 0.29) is 18.2 Å². The predicted octanol–water partition coefficient (Wildman–Crippen LogP) is 3.44. The zero-order valence-corrected chi connectivity index (χ0v) is 16.0. The second kappa shape index (κ2) is 7.07. The molecule has 0 spiro atoms. The third-order valence-electron chi connectivity index (χ3n) is 4.71. The number of hydrogen-bond donors (Lipinski definition) is 1. The van der Waals surface area contributed by atoms with Crippen LogP contribution in [-0.2, 0) is 16.2 Å². The maximum absolute atomic E-state index is 12.3. The molecule has 150 valence electrons. The Labute approximate surface area is 172 Å². The number of allylic oxidation sites excluding steroid dienone is 1. The monoisotopic (exact) mass is 403 g/mol. The summed E-state index contributed by atoms with van der Waals surface area (Å²) >= 11 is 0. The highest BCUT2D eigenvalue weighted by molar-refractivity contribution is 6.32. The zero-order valence-electron chi connectivity index (χ0n) is 16.0. The molecule has 8 nitrogen and oxygen atoms in total. The summed E-state index contributed by atoms with van der Waals surface area (Å²) in [5.74, 6) is 2.54. The number of fused-ring (bicyclic) bond motifs is 2. The second-order valence-electron chi connectivity index (χ2n) is 6.87. The normalized spacial score (nSPS) is 18.2. The third-order valence-corrected chi connectivity index (χ3v) is 4.71. The maximum atomic E-state index is 12.3. The van der Waals surface area contributed by atoms with Gasteiger partial charge in [0.05, 0.1) is 5.57 Å². The lowest BCUT2D eigenvalue weighted by atomic mass is 10.1. The number of nitrogens with zero attached hydrogens (tertiary/aromatic N) is 2. The molecule has 8 heteroatoms. The highest BCUT2D eigenvalue weighted by Crippen LogP contribution is 2.33. The Hall–Kier alpha value is -4.07. The summed E-state index contributed by atoms with van der Waals surface area (Å²) in [5, 5.41) is 9.49. The molecule has 0 radical (unpaired) electrons. The smallest absolute Gasteiger partial charge is 0.282 e. The molecule has 0 bridgehead atoms. The molecule has 3 heterocycles. The molecule has 0 atom stereocenters. The van der Waals surface area contributed by atoms with Crippen molar-refractivity contribution in [3.05, 3.63) is 71.0 Å². The number of nitrogens with one attached hydrogen (secondary N) is 1. The highest BCUT2D eigenvalue weighted by Gasteiger charge is 2.34. The quantitative estimate of drug-likeness (QED) is 0.786. The number of aliphatic imine (C=N–C) groups is 1. The van der Waals surface area contributed by atoms with Gasteiger partial charge in [0.15, 0.2) is 23.2 Å². The predicted molar refractivity (Wildman–Crippen MR) is 108 cm³/mol. The summed E-state index contributed by atoms with van der Waals surface area (Å²) < 4.78 is 16.5. The van der Waals surface area contributed by atoms with E-state index in [0.29, 0.717) is 24.0 Å². The molecular formula is C22H17N3O5. The first-order valence-corrected chi connectivity index (χ1v) is 9.28. The van der Waals surface area contributed by atoms with Gasteiger partial charge in [0.25, 0.3) is 5.91 Å². The Morgan fingerprint density at radius 3 is 2.80 bits per heavy atom. The molecule has 0 saturated heterocycles. The molecule has 0 aromatic heterocycles. The minimum atomic E-state index is -0.469. The fourth-order valence-electron chi connectivity index (χ4n) is 3.22. The van der Waals surface area contributed by atoms with Crippen molar-refractivity contribution in [2.24, 2.45) is 4.99 Å². The summed E-state index contributed by atoms with van der Waals surface area (Å²) in [7, 11) is 0. The van der Waals surface area contributed by atoms with Crippen molar-refractivity contribution in [2.45, 2.75) is 13.5 Å². The van der Waals surface area contributed by atoms with Crippen molar-refractivity contribution < 1.29 is 23.8 Å². The fourth-order valence-corrected chi connectivity index (χ4v) is 3.22. The first kappa shape index (κ1) is 18.0. The largest absolute Gasteiger partial charge is 0.489 e. The Balaban J connectivity index is 1.27. The average molecular weight is 403 g/mol. The molecule has 1 N–H and O–H groups in total. The lowest BCUT2D eigenvalue weighted by molar-refractivity contribution is -0.114. The van der Waals surface area contributed by atoms with Crippen LogP contribution in [0.2, 0.25) is 0 Å². The van der Waals surface area contributed by atoms with Crippen LogP contribution < -0.4 is 14.2 Å². The van der Waals surface area contributed by atoms with Crippen LogP contribution in [0.1, 0.15) is 18.1 Å². The van der Waals surface area contributed by atoms with E-state index in [9.17, 15) is 4.79 Å². The Morgan fingerprint density at radius 2 is 1.97 bits per heavy atom. The van der Waals surface area contributed by atoms with E-state index >= 15 is 0 Å². The molecule has 0 aliphatic carbocycles. The van der Waals surface area contributed by atoms with Crippen molar-refractivity contribution >= 4 is 23.7 Å². The minimum Gasteiger partial charge on any atom is -0.489 e. The third kappa shape index (κ3) is 3.28. The Bertz CT molecular complexity index is 1150. The van der Waals surface area contributed by atoms with Crippen LogP contribution in [-0.4, -0.2) is 29.4 Å². The number of rotatable bonds is 4. The van der Waals surface area contributed by atoms with Crippen LogP contribution in [0.5, 0.6) is 17.2 Å². The number of hydroxylamine groups is 2. The molecule has 0 unspecified atom stereocenters. The highest BCUT2D eigenvalue weighted by atomic mass is 16.7. The number of amides is 1. The Kier molecular flexibility index (Phi) is 4.24. The van der Waals surface area contributed by atoms with Crippen LogP contribution in [0.3, 0.4) is 0 Å². The van der Waals surface area contributed by atoms with E-state index in [1.54, 1.807) is 19.1 Å². The molecule has 2 aromatic rings. The number of ether oxygens (including phenoxy) is 3. The van der Waals surface area contributed by atoms with Gasteiger partial charge in [0, 0.05) is 6.08 Å². The maximum Gasteiger partial charge on any atom is 0.282 e. The van der Waals surface area contributed by atoms with E-state index < -0.39 is 5.91 Å². The molecule has 5 rings (SSSR count). The molecular weight excluding hydrogens is 386 g/mol. The van der Waals surface area contributed by atoms with Gasteiger partial charge in [-0.2, -0.15) is 4.99 Å². The summed E-state index contributed by atoms with van der Waals surface area (Å²) in [6.07, 6.45) is 3.24. The number of hydrogen-bond acceptors (Lipinski definition) is 6. The van der Waals surface area contributed by atoms with Crippen molar-refractivity contribution in [2.75, 3.05) is 6.79 Å². The van der Waals surface area contributed by atoms with Crippen LogP contribution in [0.15, 0.2) is 64.9 Å². The first-order valence-electron chi connectivity index (χ1n) is 9.28. The molecule has 3 aliphatic rings. The standard InChI is InChI=1S/C22H17N3O5/c1-13-8-20-24-22(26)17(21(23)25(20)30-13)9-14-2-5-16(6-3-14)27-11-15-4-7-18-19(10-15)29-12-28-18/h2-10,23H,11-12H2,1H3/b17-9-,23-21?. The van der Waals surface area contributed by atoms with Crippen molar-refractivity contribution in [1.29, 1.82) is 5.41 Å². The van der Waals surface area contributed by atoms with E-state index in [1.165, 1.54) is 5.06 Å².